The van der Waals surface area contributed by atoms with Crippen LogP contribution >= 0.6 is 11.6 Å². The number of nitrogens with one attached hydrogen (secondary N) is 3. The van der Waals surface area contributed by atoms with Gasteiger partial charge in [-0.3, -0.25) is 9.79 Å². The van der Waals surface area contributed by atoms with E-state index in [4.69, 9.17) is 16.3 Å². The fraction of sp³-hybridized carbons (Fsp3) is 0.619. The van der Waals surface area contributed by atoms with Gasteiger partial charge in [0.2, 0.25) is 5.91 Å². The summed E-state index contributed by atoms with van der Waals surface area (Å²) < 4.78 is 5.49. The number of hydrogen-bond donors (Lipinski definition) is 3. The van der Waals surface area contributed by atoms with Crippen molar-refractivity contribution in [2.24, 2.45) is 4.99 Å². The highest BCUT2D eigenvalue weighted by Crippen LogP contribution is 2.33. The molecule has 0 spiro atoms. The number of anilines is 1. The van der Waals surface area contributed by atoms with Crippen LogP contribution in [-0.4, -0.2) is 57.2 Å². The van der Waals surface area contributed by atoms with Gasteiger partial charge in [-0.05, 0) is 50.8 Å². The Kier molecular flexibility index (Phi) is 7.86. The molecule has 160 valence electrons. The van der Waals surface area contributed by atoms with Crippen molar-refractivity contribution in [3.8, 4) is 5.75 Å². The van der Waals surface area contributed by atoms with Crippen LogP contribution in [-0.2, 0) is 4.79 Å². The minimum atomic E-state index is 0.141. The molecule has 2 fully saturated rings. The molecule has 8 heteroatoms. The van der Waals surface area contributed by atoms with Gasteiger partial charge in [0.25, 0.3) is 0 Å². The Hall–Kier alpha value is -2.15. The summed E-state index contributed by atoms with van der Waals surface area (Å²) in [7, 11) is 1.68. The van der Waals surface area contributed by atoms with Gasteiger partial charge in [-0.1, -0.05) is 11.6 Å². The molecule has 7 nitrogen and oxygen atoms in total. The standard InChI is InChI=1S/C21H32ClN5O2/c1-3-23-21(24-11-4-5-20(28)25-16-7-8-16)26-17-10-12-27(14-17)18-13-15(22)6-9-19(18)29-2/h6,9,13,16-17H,3-5,7-8,10-12,14H2,1-2H3,(H,25,28)(H2,23,24,26). The minimum absolute atomic E-state index is 0.141. The topological polar surface area (TPSA) is 78.0 Å². The van der Waals surface area contributed by atoms with Gasteiger partial charge in [0.1, 0.15) is 5.75 Å². The summed E-state index contributed by atoms with van der Waals surface area (Å²) in [5, 5.41) is 10.5. The lowest BCUT2D eigenvalue weighted by Gasteiger charge is -2.22. The van der Waals surface area contributed by atoms with Crippen molar-refractivity contribution in [3.05, 3.63) is 23.2 Å². The van der Waals surface area contributed by atoms with Crippen LogP contribution in [0, 0.1) is 0 Å². The van der Waals surface area contributed by atoms with Crippen LogP contribution in [0.2, 0.25) is 5.02 Å². The van der Waals surface area contributed by atoms with Crippen LogP contribution in [0.5, 0.6) is 5.75 Å². The third kappa shape index (κ3) is 6.70. The monoisotopic (exact) mass is 421 g/mol. The molecular formula is C21H32ClN5O2. The number of guanidine groups is 1. The maximum absolute atomic E-state index is 11.8. The van der Waals surface area contributed by atoms with Crippen LogP contribution in [0.1, 0.15) is 39.0 Å². The fourth-order valence-corrected chi connectivity index (χ4v) is 3.64. The van der Waals surface area contributed by atoms with E-state index in [0.717, 1.165) is 62.7 Å². The van der Waals surface area contributed by atoms with E-state index in [0.29, 0.717) is 24.0 Å². The number of carbonyl (C=O) groups is 1. The molecule has 1 heterocycles. The molecule has 1 aromatic rings. The molecule has 3 N–H and O–H groups in total. The summed E-state index contributed by atoms with van der Waals surface area (Å²) in [5.41, 5.74) is 1.02. The summed E-state index contributed by atoms with van der Waals surface area (Å²) in [6, 6.07) is 6.41. The second kappa shape index (κ2) is 10.6. The molecule has 1 aliphatic carbocycles. The summed E-state index contributed by atoms with van der Waals surface area (Å²) in [6.45, 7) is 5.26. The van der Waals surface area contributed by atoms with Crippen LogP contribution in [0.15, 0.2) is 23.2 Å². The number of carbonyl (C=O) groups excluding carboxylic acids is 1. The fourth-order valence-electron chi connectivity index (χ4n) is 3.48. The Balaban J connectivity index is 1.49. The molecule has 1 saturated heterocycles. The molecule has 0 bridgehead atoms. The molecule has 1 aromatic carbocycles. The first-order chi connectivity index (χ1) is 14.1. The molecular weight excluding hydrogens is 390 g/mol. The Morgan fingerprint density at radius 1 is 1.28 bits per heavy atom. The zero-order valence-electron chi connectivity index (χ0n) is 17.3. The lowest BCUT2D eigenvalue weighted by Crippen LogP contribution is -2.44. The number of nitrogens with zero attached hydrogens (tertiary/aromatic N) is 2. The molecule has 1 amide bonds. The van der Waals surface area contributed by atoms with E-state index < -0.39 is 0 Å². The summed E-state index contributed by atoms with van der Waals surface area (Å²) >= 11 is 6.18. The molecule has 1 atom stereocenters. The molecule has 29 heavy (non-hydrogen) atoms. The first-order valence-corrected chi connectivity index (χ1v) is 10.9. The molecule has 1 saturated carbocycles. The average Bonchev–Trinajstić information content (AvgIpc) is 3.39. The molecule has 1 unspecified atom stereocenters. The van der Waals surface area contributed by atoms with E-state index in [2.05, 4.69) is 32.8 Å². The van der Waals surface area contributed by atoms with Crippen molar-refractivity contribution >= 4 is 29.2 Å². The zero-order valence-corrected chi connectivity index (χ0v) is 18.1. The Bertz CT molecular complexity index is 723. The van der Waals surface area contributed by atoms with Crippen LogP contribution in [0.3, 0.4) is 0 Å². The average molecular weight is 422 g/mol. The van der Waals surface area contributed by atoms with Gasteiger partial charge >= 0.3 is 0 Å². The number of halogens is 1. The predicted molar refractivity (Wildman–Crippen MR) is 118 cm³/mol. The summed E-state index contributed by atoms with van der Waals surface area (Å²) in [5.74, 6) is 1.78. The third-order valence-corrected chi connectivity index (χ3v) is 5.36. The van der Waals surface area contributed by atoms with E-state index in [-0.39, 0.29) is 11.9 Å². The highest BCUT2D eigenvalue weighted by Gasteiger charge is 2.26. The normalized spacial score (nSPS) is 19.2. The highest BCUT2D eigenvalue weighted by atomic mass is 35.5. The van der Waals surface area contributed by atoms with E-state index in [1.807, 2.05) is 18.2 Å². The van der Waals surface area contributed by atoms with Gasteiger partial charge in [0.15, 0.2) is 5.96 Å². The van der Waals surface area contributed by atoms with Gasteiger partial charge in [-0.25, -0.2) is 0 Å². The Morgan fingerprint density at radius 3 is 2.83 bits per heavy atom. The SMILES string of the molecule is CCNC(=NCCCC(=O)NC1CC1)NC1CCN(c2cc(Cl)ccc2OC)C1. The Morgan fingerprint density at radius 2 is 2.10 bits per heavy atom. The highest BCUT2D eigenvalue weighted by molar-refractivity contribution is 6.30. The largest absolute Gasteiger partial charge is 0.495 e. The Labute approximate surface area is 178 Å². The minimum Gasteiger partial charge on any atom is -0.495 e. The quantitative estimate of drug-likeness (QED) is 0.324. The number of ether oxygens (including phenoxy) is 1. The van der Waals surface area contributed by atoms with Crippen LogP contribution in [0.4, 0.5) is 5.69 Å². The third-order valence-electron chi connectivity index (χ3n) is 5.13. The van der Waals surface area contributed by atoms with Gasteiger partial charge < -0.3 is 25.6 Å². The van der Waals surface area contributed by atoms with Crippen LogP contribution in [0.25, 0.3) is 0 Å². The number of aliphatic imine (C=N–C) groups is 1. The van der Waals surface area contributed by atoms with E-state index in [1.54, 1.807) is 7.11 Å². The van der Waals surface area contributed by atoms with E-state index in [1.165, 1.54) is 0 Å². The molecule has 3 rings (SSSR count). The number of amides is 1. The van der Waals surface area contributed by atoms with Crippen molar-refractivity contribution in [3.63, 3.8) is 0 Å². The maximum atomic E-state index is 11.8. The molecule has 0 aromatic heterocycles. The number of hydrogen-bond acceptors (Lipinski definition) is 4. The van der Waals surface area contributed by atoms with Crippen LogP contribution < -0.4 is 25.6 Å². The predicted octanol–water partition coefficient (Wildman–Crippen LogP) is 2.54. The zero-order chi connectivity index (χ0) is 20.6. The number of rotatable bonds is 9. The van der Waals surface area contributed by atoms with Crippen molar-refractivity contribution in [1.29, 1.82) is 0 Å². The number of benzene rings is 1. The second-order valence-corrected chi connectivity index (χ2v) is 8.03. The molecule has 2 aliphatic rings. The maximum Gasteiger partial charge on any atom is 0.220 e. The number of methoxy groups -OCH3 is 1. The van der Waals surface area contributed by atoms with Gasteiger partial charge in [-0.15, -0.1) is 0 Å². The van der Waals surface area contributed by atoms with E-state index >= 15 is 0 Å². The van der Waals surface area contributed by atoms with Gasteiger partial charge in [-0.2, -0.15) is 0 Å². The smallest absolute Gasteiger partial charge is 0.220 e. The van der Waals surface area contributed by atoms with Crippen molar-refractivity contribution < 1.29 is 9.53 Å². The van der Waals surface area contributed by atoms with Crippen molar-refractivity contribution in [2.45, 2.75) is 51.1 Å². The summed E-state index contributed by atoms with van der Waals surface area (Å²) in [6.07, 6.45) is 4.54. The lowest BCUT2D eigenvalue weighted by atomic mass is 10.2. The van der Waals surface area contributed by atoms with Crippen molar-refractivity contribution in [1.82, 2.24) is 16.0 Å². The van der Waals surface area contributed by atoms with Crippen molar-refractivity contribution in [2.75, 3.05) is 38.2 Å². The van der Waals surface area contributed by atoms with Gasteiger partial charge in [0.05, 0.1) is 12.8 Å². The first-order valence-electron chi connectivity index (χ1n) is 10.5. The first kappa shape index (κ1) is 21.6. The van der Waals surface area contributed by atoms with Gasteiger partial charge in [0, 0.05) is 49.7 Å². The molecule has 1 aliphatic heterocycles. The van der Waals surface area contributed by atoms with E-state index in [9.17, 15) is 4.79 Å². The molecule has 0 radical (unpaired) electrons. The summed E-state index contributed by atoms with van der Waals surface area (Å²) in [4.78, 5) is 18.7. The second-order valence-electron chi connectivity index (χ2n) is 7.60. The lowest BCUT2D eigenvalue weighted by molar-refractivity contribution is -0.121.